The maximum absolute atomic E-state index is 6.29. The van der Waals surface area contributed by atoms with Gasteiger partial charge in [0.2, 0.25) is 5.88 Å². The fraction of sp³-hybridized carbons (Fsp3) is 0.0833. The average Bonchev–Trinajstić information content (AvgIpc) is 2.73. The Morgan fingerprint density at radius 3 is 2.24 bits per heavy atom. The Kier molecular flexibility index (Phi) is 5.79. The van der Waals surface area contributed by atoms with Crippen molar-refractivity contribution < 1.29 is 4.74 Å². The van der Waals surface area contributed by atoms with Crippen molar-refractivity contribution in [2.75, 3.05) is 0 Å². The number of fused-ring (bicyclic) bond motifs is 1. The van der Waals surface area contributed by atoms with Crippen molar-refractivity contribution in [3.05, 3.63) is 99.7 Å². The van der Waals surface area contributed by atoms with Crippen LogP contribution in [0.25, 0.3) is 23.2 Å². The van der Waals surface area contributed by atoms with Crippen molar-refractivity contribution in [2.45, 2.75) is 13.0 Å². The summed E-state index contributed by atoms with van der Waals surface area (Å²) >= 11 is 12.3. The fourth-order valence-electron chi connectivity index (χ4n) is 2.96. The number of aromatic nitrogens is 2. The summed E-state index contributed by atoms with van der Waals surface area (Å²) in [6.45, 7) is 2.00. The summed E-state index contributed by atoms with van der Waals surface area (Å²) in [5.41, 5.74) is 4.13. The molecule has 144 valence electrons. The first-order valence-corrected chi connectivity index (χ1v) is 9.97. The summed E-state index contributed by atoms with van der Waals surface area (Å²) < 4.78 is 6.20. The molecule has 0 aliphatic carbocycles. The van der Waals surface area contributed by atoms with Gasteiger partial charge < -0.3 is 4.74 Å². The van der Waals surface area contributed by atoms with E-state index < -0.39 is 0 Å². The molecule has 0 aliphatic rings. The number of halogens is 2. The molecule has 3 nitrogen and oxygen atoms in total. The lowest BCUT2D eigenvalue weighted by Gasteiger charge is -2.16. The second-order valence-electron chi connectivity index (χ2n) is 6.57. The monoisotopic (exact) mass is 420 g/mol. The van der Waals surface area contributed by atoms with Crippen LogP contribution in [0.4, 0.5) is 0 Å². The van der Waals surface area contributed by atoms with Gasteiger partial charge in [-0.3, -0.25) is 0 Å². The predicted molar refractivity (Wildman–Crippen MR) is 120 cm³/mol. The fourth-order valence-corrected chi connectivity index (χ4v) is 3.43. The van der Waals surface area contributed by atoms with Crippen molar-refractivity contribution in [3.63, 3.8) is 0 Å². The maximum Gasteiger partial charge on any atom is 0.241 e. The summed E-state index contributed by atoms with van der Waals surface area (Å²) in [7, 11) is 0. The lowest BCUT2D eigenvalue weighted by atomic mass is 10.1. The van der Waals surface area contributed by atoms with Crippen LogP contribution in [0, 0.1) is 0 Å². The highest BCUT2D eigenvalue weighted by atomic mass is 35.5. The van der Waals surface area contributed by atoms with E-state index in [9.17, 15) is 0 Å². The Morgan fingerprint density at radius 1 is 0.828 bits per heavy atom. The molecule has 0 bridgehead atoms. The summed E-state index contributed by atoms with van der Waals surface area (Å²) in [6, 6.07) is 23.1. The predicted octanol–water partition coefficient (Wildman–Crippen LogP) is 7.25. The van der Waals surface area contributed by atoms with Crippen LogP contribution in [0.3, 0.4) is 0 Å². The Labute approximate surface area is 179 Å². The Balaban J connectivity index is 1.73. The van der Waals surface area contributed by atoms with Crippen LogP contribution < -0.4 is 4.74 Å². The molecule has 0 amide bonds. The zero-order valence-electron chi connectivity index (χ0n) is 15.7. The standard InChI is InChI=1S/C24H18Cl2N2O/c1-16(17-7-3-2-4-8-17)29-24-23(27-21-9-5-6-10-22(21)28-24)14-12-18-11-13-19(25)15-20(18)26/h2-16H,1H3/b14-12+. The highest BCUT2D eigenvalue weighted by Crippen LogP contribution is 2.28. The van der Waals surface area contributed by atoms with E-state index in [0.717, 1.165) is 22.2 Å². The van der Waals surface area contributed by atoms with E-state index in [-0.39, 0.29) is 6.10 Å². The van der Waals surface area contributed by atoms with Gasteiger partial charge >= 0.3 is 0 Å². The SMILES string of the molecule is CC(Oc1nc2ccccc2nc1/C=C/c1ccc(Cl)cc1Cl)c1ccccc1. The zero-order chi connectivity index (χ0) is 20.2. The van der Waals surface area contributed by atoms with Crippen LogP contribution in [-0.4, -0.2) is 9.97 Å². The molecule has 0 fully saturated rings. The molecular weight excluding hydrogens is 403 g/mol. The third-order valence-electron chi connectivity index (χ3n) is 4.50. The summed E-state index contributed by atoms with van der Waals surface area (Å²) in [4.78, 5) is 9.44. The molecule has 0 spiro atoms. The van der Waals surface area contributed by atoms with Crippen LogP contribution in [0.5, 0.6) is 5.88 Å². The minimum atomic E-state index is -0.169. The molecule has 1 heterocycles. The largest absolute Gasteiger partial charge is 0.468 e. The van der Waals surface area contributed by atoms with E-state index in [4.69, 9.17) is 37.9 Å². The Hall–Kier alpha value is -2.88. The molecule has 1 atom stereocenters. The van der Waals surface area contributed by atoms with Gasteiger partial charge in [-0.15, -0.1) is 0 Å². The van der Waals surface area contributed by atoms with Crippen LogP contribution in [0.15, 0.2) is 72.8 Å². The van der Waals surface area contributed by atoms with E-state index in [1.807, 2.05) is 79.7 Å². The number of para-hydroxylation sites is 2. The minimum absolute atomic E-state index is 0.169. The summed E-state index contributed by atoms with van der Waals surface area (Å²) in [5, 5.41) is 1.17. The van der Waals surface area contributed by atoms with Gasteiger partial charge in [-0.25, -0.2) is 9.97 Å². The average molecular weight is 421 g/mol. The topological polar surface area (TPSA) is 35.0 Å². The van der Waals surface area contributed by atoms with Crippen molar-refractivity contribution in [2.24, 2.45) is 0 Å². The molecule has 0 N–H and O–H groups in total. The highest BCUT2D eigenvalue weighted by Gasteiger charge is 2.13. The molecule has 0 aliphatic heterocycles. The van der Waals surface area contributed by atoms with Gasteiger partial charge in [0.1, 0.15) is 11.8 Å². The lowest BCUT2D eigenvalue weighted by Crippen LogP contribution is -2.06. The van der Waals surface area contributed by atoms with Crippen LogP contribution in [0.1, 0.15) is 29.8 Å². The molecule has 1 unspecified atom stereocenters. The smallest absolute Gasteiger partial charge is 0.241 e. The third-order valence-corrected chi connectivity index (χ3v) is 5.07. The Bertz CT molecular complexity index is 1180. The maximum atomic E-state index is 6.29. The van der Waals surface area contributed by atoms with Gasteiger partial charge in [-0.2, -0.15) is 0 Å². The van der Waals surface area contributed by atoms with E-state index in [2.05, 4.69) is 0 Å². The van der Waals surface area contributed by atoms with Crippen molar-refractivity contribution >= 4 is 46.4 Å². The number of benzene rings is 3. The number of nitrogens with zero attached hydrogens (tertiary/aromatic N) is 2. The van der Waals surface area contributed by atoms with Crippen molar-refractivity contribution in [1.82, 2.24) is 9.97 Å². The first-order chi connectivity index (χ1) is 14.1. The van der Waals surface area contributed by atoms with E-state index >= 15 is 0 Å². The minimum Gasteiger partial charge on any atom is -0.468 e. The number of hydrogen-bond donors (Lipinski definition) is 0. The summed E-state index contributed by atoms with van der Waals surface area (Å²) in [6.07, 6.45) is 3.58. The Morgan fingerprint density at radius 2 is 1.52 bits per heavy atom. The van der Waals surface area contributed by atoms with E-state index in [1.165, 1.54) is 0 Å². The van der Waals surface area contributed by atoms with Gasteiger partial charge in [0.25, 0.3) is 0 Å². The number of ether oxygens (including phenoxy) is 1. The first-order valence-electron chi connectivity index (χ1n) is 9.21. The number of hydrogen-bond acceptors (Lipinski definition) is 3. The van der Waals surface area contributed by atoms with Gasteiger partial charge in [0.05, 0.1) is 11.0 Å². The van der Waals surface area contributed by atoms with Gasteiger partial charge in [0.15, 0.2) is 0 Å². The van der Waals surface area contributed by atoms with E-state index in [0.29, 0.717) is 21.6 Å². The molecule has 0 radical (unpaired) electrons. The van der Waals surface area contributed by atoms with Crippen molar-refractivity contribution in [3.8, 4) is 5.88 Å². The molecule has 0 saturated heterocycles. The molecule has 5 heteroatoms. The zero-order valence-corrected chi connectivity index (χ0v) is 17.2. The number of rotatable bonds is 5. The van der Waals surface area contributed by atoms with E-state index in [1.54, 1.807) is 12.1 Å². The van der Waals surface area contributed by atoms with Gasteiger partial charge in [-0.05, 0) is 48.4 Å². The van der Waals surface area contributed by atoms with Crippen molar-refractivity contribution in [1.29, 1.82) is 0 Å². The molecular formula is C24H18Cl2N2O. The molecule has 0 saturated carbocycles. The summed E-state index contributed by atoms with van der Waals surface area (Å²) in [5.74, 6) is 0.474. The van der Waals surface area contributed by atoms with Crippen LogP contribution in [0.2, 0.25) is 10.0 Å². The highest BCUT2D eigenvalue weighted by molar-refractivity contribution is 6.35. The first kappa shape index (κ1) is 19.4. The van der Waals surface area contributed by atoms with Crippen LogP contribution in [-0.2, 0) is 0 Å². The third kappa shape index (κ3) is 4.58. The molecule has 1 aromatic heterocycles. The second kappa shape index (κ2) is 8.64. The quantitative estimate of drug-likeness (QED) is 0.341. The second-order valence-corrected chi connectivity index (χ2v) is 7.42. The van der Waals surface area contributed by atoms with Crippen LogP contribution >= 0.6 is 23.2 Å². The van der Waals surface area contributed by atoms with Gasteiger partial charge in [0, 0.05) is 10.0 Å². The lowest BCUT2D eigenvalue weighted by molar-refractivity contribution is 0.217. The molecule has 4 rings (SSSR count). The molecule has 4 aromatic rings. The van der Waals surface area contributed by atoms with Gasteiger partial charge in [-0.1, -0.05) is 77.8 Å². The normalized spacial score (nSPS) is 12.4. The molecule has 29 heavy (non-hydrogen) atoms. The molecule has 3 aromatic carbocycles.